The molecule has 3 nitrogen and oxygen atoms in total. The molecule has 3 fully saturated rings. The maximum Gasteiger partial charge on any atom is 0.321 e. The average Bonchev–Trinajstić information content (AvgIpc) is 2.40. The normalized spacial score (nSPS) is 50.5. The van der Waals surface area contributed by atoms with Crippen molar-refractivity contribution in [2.45, 2.75) is 24.7 Å². The van der Waals surface area contributed by atoms with Gasteiger partial charge in [0.15, 0.2) is 0 Å². The summed E-state index contributed by atoms with van der Waals surface area (Å²) in [6.45, 7) is 0. The first-order chi connectivity index (χ1) is 4.70. The summed E-state index contributed by atoms with van der Waals surface area (Å²) in [6.07, 6.45) is -0.223. The molecular formula is C6H8FNO2. The number of nitrogens with one attached hydrogen (secondary N) is 1. The van der Waals surface area contributed by atoms with E-state index in [2.05, 4.69) is 5.32 Å². The van der Waals surface area contributed by atoms with Crippen molar-refractivity contribution in [3.05, 3.63) is 0 Å². The predicted octanol–water partition coefficient (Wildman–Crippen LogP) is -0.231. The van der Waals surface area contributed by atoms with E-state index in [9.17, 15) is 9.18 Å². The van der Waals surface area contributed by atoms with Crippen LogP contribution in [0.2, 0.25) is 0 Å². The van der Waals surface area contributed by atoms with Crippen LogP contribution < -0.4 is 5.32 Å². The highest BCUT2D eigenvalue weighted by Gasteiger charge is 2.56. The van der Waals surface area contributed by atoms with Crippen molar-refractivity contribution in [3.63, 3.8) is 0 Å². The summed E-state index contributed by atoms with van der Waals surface area (Å²) in [5.74, 6) is -1.19. The molecule has 10 heavy (non-hydrogen) atoms. The summed E-state index contributed by atoms with van der Waals surface area (Å²) in [6, 6.07) is -0.800. The van der Waals surface area contributed by atoms with Crippen LogP contribution in [0.4, 0.5) is 4.39 Å². The average molecular weight is 145 g/mol. The molecule has 0 aromatic heterocycles. The first kappa shape index (κ1) is 6.09. The maximum atomic E-state index is 12.7. The third-order valence-corrected chi connectivity index (χ3v) is 2.41. The number of hydrogen-bond donors (Lipinski definition) is 2. The minimum atomic E-state index is -0.923. The summed E-state index contributed by atoms with van der Waals surface area (Å²) in [7, 11) is 0. The van der Waals surface area contributed by atoms with Crippen LogP contribution in [0.25, 0.3) is 0 Å². The van der Waals surface area contributed by atoms with E-state index in [0.29, 0.717) is 6.42 Å². The minimum Gasteiger partial charge on any atom is -0.480 e. The Morgan fingerprint density at radius 2 is 2.40 bits per heavy atom. The van der Waals surface area contributed by atoms with Crippen LogP contribution >= 0.6 is 0 Å². The highest BCUT2D eigenvalue weighted by atomic mass is 19.1. The lowest BCUT2D eigenvalue weighted by molar-refractivity contribution is -0.140. The van der Waals surface area contributed by atoms with Gasteiger partial charge in [-0.25, -0.2) is 4.39 Å². The van der Waals surface area contributed by atoms with Crippen LogP contribution in [0, 0.1) is 5.92 Å². The van der Waals surface area contributed by atoms with E-state index < -0.39 is 18.2 Å². The quantitative estimate of drug-likeness (QED) is 0.535. The highest BCUT2D eigenvalue weighted by Crippen LogP contribution is 2.40. The molecule has 56 valence electrons. The van der Waals surface area contributed by atoms with E-state index >= 15 is 0 Å². The largest absolute Gasteiger partial charge is 0.480 e. The fourth-order valence-electron chi connectivity index (χ4n) is 1.74. The topological polar surface area (TPSA) is 49.3 Å². The number of rotatable bonds is 1. The lowest BCUT2D eigenvalue weighted by Crippen LogP contribution is -2.38. The molecule has 0 aromatic carbocycles. The molecule has 3 unspecified atom stereocenters. The molecule has 3 aliphatic rings. The Bertz CT molecular complexity index is 185. The van der Waals surface area contributed by atoms with Gasteiger partial charge in [-0.05, 0) is 6.42 Å². The van der Waals surface area contributed by atoms with E-state index in [1.165, 1.54) is 0 Å². The molecule has 0 amide bonds. The number of alkyl halides is 1. The summed E-state index contributed by atoms with van der Waals surface area (Å²) in [4.78, 5) is 10.4. The smallest absolute Gasteiger partial charge is 0.321 e. The van der Waals surface area contributed by atoms with Crippen LogP contribution in [0.1, 0.15) is 6.42 Å². The molecule has 2 saturated heterocycles. The molecule has 0 radical (unpaired) electrons. The summed E-state index contributed by atoms with van der Waals surface area (Å²) >= 11 is 0. The molecule has 1 aliphatic carbocycles. The first-order valence-corrected chi connectivity index (χ1v) is 3.33. The van der Waals surface area contributed by atoms with E-state index in [1.54, 1.807) is 0 Å². The Morgan fingerprint density at radius 1 is 1.70 bits per heavy atom. The number of carboxylic acids is 1. The Morgan fingerprint density at radius 3 is 2.60 bits per heavy atom. The number of fused-ring (bicyclic) bond motifs is 1. The molecule has 2 aliphatic heterocycles. The second-order valence-electron chi connectivity index (χ2n) is 2.93. The van der Waals surface area contributed by atoms with Crippen molar-refractivity contribution in [3.8, 4) is 0 Å². The molecule has 0 aromatic rings. The monoisotopic (exact) mass is 145 g/mol. The molecule has 3 rings (SSSR count). The van der Waals surface area contributed by atoms with Gasteiger partial charge in [0.2, 0.25) is 0 Å². The molecule has 4 atom stereocenters. The Kier molecular flexibility index (Phi) is 1.03. The fourth-order valence-corrected chi connectivity index (χ4v) is 1.74. The van der Waals surface area contributed by atoms with Gasteiger partial charge >= 0.3 is 5.97 Å². The van der Waals surface area contributed by atoms with Crippen molar-refractivity contribution in [1.82, 2.24) is 5.32 Å². The van der Waals surface area contributed by atoms with Crippen molar-refractivity contribution < 1.29 is 14.3 Å². The maximum absolute atomic E-state index is 12.7. The SMILES string of the molecule is O=C(O)[C@H]1NC2CC1C2F. The van der Waals surface area contributed by atoms with Gasteiger partial charge in [-0.2, -0.15) is 0 Å². The Balaban J connectivity index is 2.10. The second kappa shape index (κ2) is 1.69. The Labute approximate surface area is 57.2 Å². The van der Waals surface area contributed by atoms with E-state index in [1.807, 2.05) is 0 Å². The van der Waals surface area contributed by atoms with Crippen molar-refractivity contribution in [2.24, 2.45) is 5.92 Å². The van der Waals surface area contributed by atoms with Gasteiger partial charge in [0.25, 0.3) is 0 Å². The molecule has 2 bridgehead atoms. The van der Waals surface area contributed by atoms with E-state index in [0.717, 1.165) is 0 Å². The Hall–Kier alpha value is -0.640. The molecule has 0 spiro atoms. The molecule has 2 heterocycles. The number of carboxylic acid groups (broad SMARTS) is 1. The minimum absolute atomic E-state index is 0.175. The first-order valence-electron chi connectivity index (χ1n) is 3.33. The number of halogens is 1. The third-order valence-electron chi connectivity index (χ3n) is 2.41. The second-order valence-corrected chi connectivity index (χ2v) is 2.93. The summed E-state index contributed by atoms with van der Waals surface area (Å²) in [5.41, 5.74) is 0. The van der Waals surface area contributed by atoms with Gasteiger partial charge in [0.05, 0.1) is 0 Å². The predicted molar refractivity (Wildman–Crippen MR) is 31.4 cm³/mol. The number of hydrogen-bond acceptors (Lipinski definition) is 2. The zero-order chi connectivity index (χ0) is 7.30. The molecule has 2 N–H and O–H groups in total. The van der Waals surface area contributed by atoms with Gasteiger partial charge in [-0.15, -0.1) is 0 Å². The highest BCUT2D eigenvalue weighted by molar-refractivity contribution is 5.75. The van der Waals surface area contributed by atoms with Gasteiger partial charge in [-0.1, -0.05) is 0 Å². The summed E-state index contributed by atoms with van der Waals surface area (Å²) < 4.78 is 12.7. The van der Waals surface area contributed by atoms with Gasteiger partial charge in [0.1, 0.15) is 12.2 Å². The zero-order valence-electron chi connectivity index (χ0n) is 5.25. The van der Waals surface area contributed by atoms with Gasteiger partial charge < -0.3 is 5.11 Å². The van der Waals surface area contributed by atoms with Crippen LogP contribution in [0.5, 0.6) is 0 Å². The van der Waals surface area contributed by atoms with Crippen LogP contribution in [0.3, 0.4) is 0 Å². The number of carbonyl (C=O) groups is 1. The van der Waals surface area contributed by atoms with Crippen LogP contribution in [-0.4, -0.2) is 29.3 Å². The molecular weight excluding hydrogens is 137 g/mol. The number of aliphatic carboxylic acids is 1. The lowest BCUT2D eigenvalue weighted by atomic mass is 9.81. The van der Waals surface area contributed by atoms with E-state index in [4.69, 9.17) is 5.11 Å². The van der Waals surface area contributed by atoms with Crippen LogP contribution in [0.15, 0.2) is 0 Å². The van der Waals surface area contributed by atoms with Gasteiger partial charge in [-0.3, -0.25) is 10.1 Å². The van der Waals surface area contributed by atoms with Crippen molar-refractivity contribution >= 4 is 5.97 Å². The fraction of sp³-hybridized carbons (Fsp3) is 0.833. The van der Waals surface area contributed by atoms with Crippen LogP contribution in [-0.2, 0) is 4.79 Å². The summed E-state index contributed by atoms with van der Waals surface area (Å²) in [5, 5.41) is 11.2. The zero-order valence-corrected chi connectivity index (χ0v) is 5.25. The molecule has 4 heteroatoms. The van der Waals surface area contributed by atoms with Crippen molar-refractivity contribution in [1.29, 1.82) is 0 Å². The lowest BCUT2D eigenvalue weighted by Gasteiger charge is -2.27. The van der Waals surface area contributed by atoms with Crippen molar-refractivity contribution in [2.75, 3.05) is 0 Å². The van der Waals surface area contributed by atoms with Gasteiger partial charge in [0, 0.05) is 12.0 Å². The third kappa shape index (κ3) is 0.546. The standard InChI is InChI=1S/C6H8FNO2/c7-4-2-1-3(4)8-5(2)6(9)10/h2-5,8H,1H2,(H,9,10)/t2?,3?,4?,5-/m0/s1. The van der Waals surface area contributed by atoms with E-state index in [-0.39, 0.29) is 12.0 Å². The molecule has 1 saturated carbocycles.